The van der Waals surface area contributed by atoms with Crippen LogP contribution in [-0.4, -0.2) is 74.8 Å². The van der Waals surface area contributed by atoms with Gasteiger partial charge < -0.3 is 21.3 Å². The van der Waals surface area contributed by atoms with Crippen molar-refractivity contribution in [3.05, 3.63) is 42.5 Å². The summed E-state index contributed by atoms with van der Waals surface area (Å²) in [6.07, 6.45) is 3.88. The molecule has 0 saturated carbocycles. The van der Waals surface area contributed by atoms with Gasteiger partial charge >= 0.3 is 0 Å². The molecular formula is C23H32N6O4S2. The molecule has 2 aromatic carbocycles. The van der Waals surface area contributed by atoms with Crippen LogP contribution in [0.2, 0.25) is 0 Å². The first-order valence-corrected chi connectivity index (χ1v) is 14.1. The van der Waals surface area contributed by atoms with Gasteiger partial charge in [-0.15, -0.1) is 0 Å². The van der Waals surface area contributed by atoms with Crippen LogP contribution in [0.4, 0.5) is 0 Å². The number of rotatable bonds is 11. The topological polar surface area (TPSA) is 157 Å². The standard InChI is InChI=1S/C23H32N6O4S2/c1-34-18-13-20(22(31)26-10-4-5-11-27-23(24)25)29(15-18)21(30)14-28-35(32,33)19-9-8-16-6-2-3-7-17(16)12-19/h2-3,6-9,12,18,20,28H,4-5,10-11,13-15H2,1H3,(H,26,31)(H4,24,25,27)/t18-,20+/m1/s1. The summed E-state index contributed by atoms with van der Waals surface area (Å²) in [5.41, 5.74) is 5.23. The maximum atomic E-state index is 13.0. The minimum absolute atomic E-state index is 0.0842. The van der Waals surface area contributed by atoms with Crippen LogP contribution < -0.4 is 21.1 Å². The number of carbonyl (C=O) groups is 2. The fraction of sp³-hybridized carbons (Fsp3) is 0.435. The number of hydrogen-bond acceptors (Lipinski definition) is 6. The Kier molecular flexibility index (Phi) is 9.35. The van der Waals surface area contributed by atoms with E-state index in [1.165, 1.54) is 11.0 Å². The van der Waals surface area contributed by atoms with Gasteiger partial charge in [-0.1, -0.05) is 30.3 Å². The van der Waals surface area contributed by atoms with Crippen LogP contribution in [0, 0.1) is 5.41 Å². The summed E-state index contributed by atoms with van der Waals surface area (Å²) in [6, 6.07) is 11.6. The van der Waals surface area contributed by atoms with Crippen LogP contribution in [0.1, 0.15) is 19.3 Å². The van der Waals surface area contributed by atoms with Gasteiger partial charge in [0.25, 0.3) is 0 Å². The van der Waals surface area contributed by atoms with Crippen molar-refractivity contribution in [2.75, 3.05) is 32.4 Å². The molecule has 12 heteroatoms. The molecule has 0 unspecified atom stereocenters. The fourth-order valence-corrected chi connectivity index (χ4v) is 5.66. The number of fused-ring (bicyclic) bond motifs is 1. The van der Waals surface area contributed by atoms with Crippen molar-refractivity contribution in [3.63, 3.8) is 0 Å². The Morgan fingerprint density at radius 3 is 2.49 bits per heavy atom. The quantitative estimate of drug-likeness (QED) is 0.167. The van der Waals surface area contributed by atoms with E-state index in [-0.39, 0.29) is 22.0 Å². The SMILES string of the molecule is CS[C@@H]1C[C@@H](C(=O)NCCCCNC(=N)N)N(C(=O)CNS(=O)(=O)c2ccc3ccccc3c2)C1. The monoisotopic (exact) mass is 520 g/mol. The Bertz CT molecular complexity index is 1170. The summed E-state index contributed by atoms with van der Waals surface area (Å²) < 4.78 is 28.0. The van der Waals surface area contributed by atoms with Gasteiger partial charge in [0.15, 0.2) is 5.96 Å². The van der Waals surface area contributed by atoms with Gasteiger partial charge in [-0.25, -0.2) is 13.1 Å². The highest BCUT2D eigenvalue weighted by Crippen LogP contribution is 2.26. The zero-order valence-corrected chi connectivity index (χ0v) is 21.3. The number of hydrogen-bond donors (Lipinski definition) is 5. The maximum Gasteiger partial charge on any atom is 0.242 e. The van der Waals surface area contributed by atoms with Gasteiger partial charge in [-0.3, -0.25) is 15.0 Å². The number of carbonyl (C=O) groups excluding carboxylic acids is 2. The number of nitrogens with two attached hydrogens (primary N) is 1. The second-order valence-corrected chi connectivity index (χ2v) is 11.2. The molecule has 10 nitrogen and oxygen atoms in total. The second kappa shape index (κ2) is 12.2. The number of unbranched alkanes of at least 4 members (excludes halogenated alkanes) is 1. The third kappa shape index (κ3) is 7.33. The Balaban J connectivity index is 1.57. The summed E-state index contributed by atoms with van der Waals surface area (Å²) in [4.78, 5) is 27.3. The predicted molar refractivity (Wildman–Crippen MR) is 139 cm³/mol. The van der Waals surface area contributed by atoms with Crippen LogP contribution >= 0.6 is 11.8 Å². The van der Waals surface area contributed by atoms with E-state index < -0.39 is 28.5 Å². The molecule has 0 aliphatic carbocycles. The lowest BCUT2D eigenvalue weighted by Gasteiger charge is -2.24. The molecule has 35 heavy (non-hydrogen) atoms. The van der Waals surface area contributed by atoms with E-state index in [0.717, 1.165) is 17.2 Å². The Morgan fingerprint density at radius 1 is 1.11 bits per heavy atom. The third-order valence-corrected chi connectivity index (χ3v) is 8.29. The fourth-order valence-electron chi connectivity index (χ4n) is 3.97. The van der Waals surface area contributed by atoms with E-state index in [9.17, 15) is 18.0 Å². The van der Waals surface area contributed by atoms with Crippen molar-refractivity contribution in [1.82, 2.24) is 20.3 Å². The number of nitrogens with zero attached hydrogens (tertiary/aromatic N) is 1. The number of sulfonamides is 1. The maximum absolute atomic E-state index is 13.0. The molecule has 2 atom stereocenters. The predicted octanol–water partition coefficient (Wildman–Crippen LogP) is 0.830. The number of amides is 2. The third-order valence-electron chi connectivity index (χ3n) is 5.88. The van der Waals surface area contributed by atoms with Gasteiger partial charge in [0.05, 0.1) is 11.4 Å². The molecule has 1 aliphatic heterocycles. The first kappa shape index (κ1) is 26.8. The molecule has 1 heterocycles. The van der Waals surface area contributed by atoms with E-state index in [0.29, 0.717) is 32.5 Å². The van der Waals surface area contributed by atoms with Crippen molar-refractivity contribution < 1.29 is 18.0 Å². The molecular weight excluding hydrogens is 488 g/mol. The van der Waals surface area contributed by atoms with E-state index in [2.05, 4.69) is 15.4 Å². The highest BCUT2D eigenvalue weighted by Gasteiger charge is 2.39. The highest BCUT2D eigenvalue weighted by atomic mass is 32.2. The molecule has 0 bridgehead atoms. The molecule has 0 aromatic heterocycles. The number of thioether (sulfide) groups is 1. The van der Waals surface area contributed by atoms with Crippen LogP contribution in [0.5, 0.6) is 0 Å². The van der Waals surface area contributed by atoms with Crippen molar-refractivity contribution in [1.29, 1.82) is 5.41 Å². The first-order chi connectivity index (χ1) is 16.7. The van der Waals surface area contributed by atoms with E-state index in [1.54, 1.807) is 23.9 Å². The minimum Gasteiger partial charge on any atom is -0.370 e. The first-order valence-electron chi connectivity index (χ1n) is 11.4. The number of nitrogens with one attached hydrogen (secondary N) is 4. The number of guanidine groups is 1. The zero-order valence-electron chi connectivity index (χ0n) is 19.6. The summed E-state index contributed by atoms with van der Waals surface area (Å²) in [7, 11) is -3.90. The van der Waals surface area contributed by atoms with Crippen molar-refractivity contribution in [2.45, 2.75) is 35.4 Å². The highest BCUT2D eigenvalue weighted by molar-refractivity contribution is 7.99. The summed E-state index contributed by atoms with van der Waals surface area (Å²) in [6.45, 7) is 0.954. The summed E-state index contributed by atoms with van der Waals surface area (Å²) in [5, 5.41) is 14.5. The van der Waals surface area contributed by atoms with E-state index >= 15 is 0 Å². The van der Waals surface area contributed by atoms with Crippen LogP contribution in [-0.2, 0) is 19.6 Å². The second-order valence-electron chi connectivity index (χ2n) is 8.33. The van der Waals surface area contributed by atoms with Crippen LogP contribution in [0.15, 0.2) is 47.4 Å². The summed E-state index contributed by atoms with van der Waals surface area (Å²) in [5.74, 6) is -0.767. The lowest BCUT2D eigenvalue weighted by Crippen LogP contribution is -2.49. The average Bonchev–Trinajstić information content (AvgIpc) is 3.29. The zero-order chi connectivity index (χ0) is 25.4. The van der Waals surface area contributed by atoms with Crippen molar-refractivity contribution >= 4 is 50.3 Å². The molecule has 0 spiro atoms. The average molecular weight is 521 g/mol. The van der Waals surface area contributed by atoms with Gasteiger partial charge in [-0.2, -0.15) is 11.8 Å². The normalized spacial score (nSPS) is 17.9. The van der Waals surface area contributed by atoms with Gasteiger partial charge in [0.1, 0.15) is 6.04 Å². The lowest BCUT2D eigenvalue weighted by molar-refractivity contribution is -0.137. The van der Waals surface area contributed by atoms with Gasteiger partial charge in [0.2, 0.25) is 21.8 Å². The molecule has 190 valence electrons. The van der Waals surface area contributed by atoms with Crippen molar-refractivity contribution in [2.24, 2.45) is 5.73 Å². The van der Waals surface area contributed by atoms with Crippen LogP contribution in [0.25, 0.3) is 10.8 Å². The lowest BCUT2D eigenvalue weighted by atomic mass is 10.1. The van der Waals surface area contributed by atoms with Gasteiger partial charge in [0, 0.05) is 24.9 Å². The molecule has 2 amide bonds. The van der Waals surface area contributed by atoms with Gasteiger partial charge in [-0.05, 0) is 48.4 Å². The Hall–Kier alpha value is -2.83. The molecule has 1 fully saturated rings. The van der Waals surface area contributed by atoms with Crippen molar-refractivity contribution in [3.8, 4) is 0 Å². The molecule has 1 saturated heterocycles. The largest absolute Gasteiger partial charge is 0.370 e. The molecule has 1 aliphatic rings. The molecule has 6 N–H and O–H groups in total. The van der Waals surface area contributed by atoms with E-state index in [4.69, 9.17) is 11.1 Å². The molecule has 0 radical (unpaired) electrons. The Morgan fingerprint density at radius 2 is 1.80 bits per heavy atom. The van der Waals surface area contributed by atoms with E-state index in [1.807, 2.05) is 30.5 Å². The number of benzene rings is 2. The smallest absolute Gasteiger partial charge is 0.242 e. The minimum atomic E-state index is -3.90. The summed E-state index contributed by atoms with van der Waals surface area (Å²) >= 11 is 1.58. The molecule has 3 rings (SSSR count). The number of likely N-dealkylation sites (tertiary alicyclic amines) is 1. The Labute approximate surface area is 209 Å². The van der Waals surface area contributed by atoms with Crippen LogP contribution in [0.3, 0.4) is 0 Å². The molecule has 2 aromatic rings.